The van der Waals surface area contributed by atoms with Gasteiger partial charge in [0, 0.05) is 24.7 Å². The molecule has 104 valence electrons. The normalized spacial score (nSPS) is 16.4. The molecule has 4 heteroatoms. The number of hydrogen-bond donors (Lipinski definition) is 1. The molecule has 1 saturated heterocycles. The first-order valence-corrected chi connectivity index (χ1v) is 7.13. The van der Waals surface area contributed by atoms with E-state index in [0.29, 0.717) is 6.04 Å². The van der Waals surface area contributed by atoms with Gasteiger partial charge in [0.2, 0.25) is 0 Å². The Morgan fingerprint density at radius 3 is 2.50 bits per heavy atom. The van der Waals surface area contributed by atoms with Gasteiger partial charge in [-0.15, -0.1) is 0 Å². The minimum atomic E-state index is 0.344. The lowest BCUT2D eigenvalue weighted by Gasteiger charge is -2.32. The maximum atomic E-state index is 5.96. The molecule has 0 spiro atoms. The quantitative estimate of drug-likeness (QED) is 0.908. The Bertz CT molecular complexity index is 574. The van der Waals surface area contributed by atoms with Gasteiger partial charge in [-0.2, -0.15) is 0 Å². The standard InChI is InChI=1S/C16H20N4/c1-12-15(20-9-7-14(17)8-10-20)11-18-16(19-12)13-5-3-2-4-6-13/h2-6,11,14H,7-10,17H2,1H3. The third-order valence-corrected chi connectivity index (χ3v) is 3.87. The summed E-state index contributed by atoms with van der Waals surface area (Å²) < 4.78 is 0. The minimum Gasteiger partial charge on any atom is -0.369 e. The highest BCUT2D eigenvalue weighted by Gasteiger charge is 2.18. The summed E-state index contributed by atoms with van der Waals surface area (Å²) in [6.45, 7) is 4.05. The molecular weight excluding hydrogens is 248 g/mol. The van der Waals surface area contributed by atoms with Gasteiger partial charge in [0.15, 0.2) is 5.82 Å². The number of nitrogens with zero attached hydrogens (tertiary/aromatic N) is 3. The van der Waals surface area contributed by atoms with Crippen LogP contribution in [0.15, 0.2) is 36.5 Å². The van der Waals surface area contributed by atoms with Crippen molar-refractivity contribution >= 4 is 5.69 Å². The lowest BCUT2D eigenvalue weighted by molar-refractivity contribution is 0.500. The van der Waals surface area contributed by atoms with E-state index in [1.807, 2.05) is 36.5 Å². The van der Waals surface area contributed by atoms with Crippen LogP contribution < -0.4 is 10.6 Å². The molecule has 2 N–H and O–H groups in total. The SMILES string of the molecule is Cc1nc(-c2ccccc2)ncc1N1CCC(N)CC1. The predicted molar refractivity (Wildman–Crippen MR) is 81.6 cm³/mol. The molecule has 0 unspecified atom stereocenters. The molecule has 0 saturated carbocycles. The molecule has 4 nitrogen and oxygen atoms in total. The maximum absolute atomic E-state index is 5.96. The third kappa shape index (κ3) is 2.65. The molecule has 1 aliphatic rings. The van der Waals surface area contributed by atoms with Crippen molar-refractivity contribution in [3.05, 3.63) is 42.2 Å². The van der Waals surface area contributed by atoms with E-state index in [9.17, 15) is 0 Å². The Morgan fingerprint density at radius 1 is 1.15 bits per heavy atom. The van der Waals surface area contributed by atoms with Crippen LogP contribution in [0, 0.1) is 6.92 Å². The van der Waals surface area contributed by atoms with Crippen molar-refractivity contribution in [3.8, 4) is 11.4 Å². The van der Waals surface area contributed by atoms with Crippen molar-refractivity contribution in [2.45, 2.75) is 25.8 Å². The number of aryl methyl sites for hydroxylation is 1. The number of rotatable bonds is 2. The average molecular weight is 268 g/mol. The maximum Gasteiger partial charge on any atom is 0.159 e. The van der Waals surface area contributed by atoms with Crippen LogP contribution in [0.5, 0.6) is 0 Å². The number of anilines is 1. The molecule has 1 aliphatic heterocycles. The number of benzene rings is 1. The summed E-state index contributed by atoms with van der Waals surface area (Å²) in [4.78, 5) is 11.5. The fourth-order valence-electron chi connectivity index (χ4n) is 2.64. The molecule has 1 aromatic heterocycles. The summed E-state index contributed by atoms with van der Waals surface area (Å²) in [7, 11) is 0. The van der Waals surface area contributed by atoms with Crippen LogP contribution in [0.4, 0.5) is 5.69 Å². The van der Waals surface area contributed by atoms with Crippen molar-refractivity contribution in [3.63, 3.8) is 0 Å². The molecule has 0 bridgehead atoms. The van der Waals surface area contributed by atoms with Gasteiger partial charge in [0.1, 0.15) is 0 Å². The summed E-state index contributed by atoms with van der Waals surface area (Å²) in [5, 5.41) is 0. The van der Waals surface area contributed by atoms with E-state index >= 15 is 0 Å². The van der Waals surface area contributed by atoms with Gasteiger partial charge >= 0.3 is 0 Å². The van der Waals surface area contributed by atoms with Crippen LogP contribution in [-0.2, 0) is 0 Å². The Hall–Kier alpha value is -1.94. The van der Waals surface area contributed by atoms with Crippen LogP contribution in [-0.4, -0.2) is 29.1 Å². The predicted octanol–water partition coefficient (Wildman–Crippen LogP) is 2.38. The van der Waals surface area contributed by atoms with Crippen molar-refractivity contribution in [2.24, 2.45) is 5.73 Å². The zero-order valence-electron chi connectivity index (χ0n) is 11.8. The zero-order chi connectivity index (χ0) is 13.9. The molecule has 20 heavy (non-hydrogen) atoms. The van der Waals surface area contributed by atoms with Gasteiger partial charge in [0.25, 0.3) is 0 Å². The fourth-order valence-corrected chi connectivity index (χ4v) is 2.64. The summed E-state index contributed by atoms with van der Waals surface area (Å²) in [6, 6.07) is 10.4. The van der Waals surface area contributed by atoms with E-state index in [0.717, 1.165) is 48.7 Å². The lowest BCUT2D eigenvalue weighted by atomic mass is 10.1. The second-order valence-electron chi connectivity index (χ2n) is 5.35. The first-order valence-electron chi connectivity index (χ1n) is 7.13. The zero-order valence-corrected chi connectivity index (χ0v) is 11.8. The highest BCUT2D eigenvalue weighted by atomic mass is 15.2. The van der Waals surface area contributed by atoms with Gasteiger partial charge in [-0.25, -0.2) is 9.97 Å². The van der Waals surface area contributed by atoms with Crippen LogP contribution >= 0.6 is 0 Å². The number of hydrogen-bond acceptors (Lipinski definition) is 4. The number of nitrogens with two attached hydrogens (primary N) is 1. The molecule has 2 aromatic rings. The Morgan fingerprint density at radius 2 is 1.85 bits per heavy atom. The molecular formula is C16H20N4. The second kappa shape index (κ2) is 5.59. The summed E-state index contributed by atoms with van der Waals surface area (Å²) in [5.74, 6) is 0.792. The van der Waals surface area contributed by atoms with E-state index in [-0.39, 0.29) is 0 Å². The van der Waals surface area contributed by atoms with Crippen molar-refractivity contribution in [1.29, 1.82) is 0 Å². The summed E-state index contributed by atoms with van der Waals surface area (Å²) in [6.07, 6.45) is 4.03. The smallest absolute Gasteiger partial charge is 0.159 e. The number of aromatic nitrogens is 2. The van der Waals surface area contributed by atoms with Gasteiger partial charge < -0.3 is 10.6 Å². The lowest BCUT2D eigenvalue weighted by Crippen LogP contribution is -2.40. The summed E-state index contributed by atoms with van der Waals surface area (Å²) in [5.41, 5.74) is 9.19. The highest BCUT2D eigenvalue weighted by Crippen LogP contribution is 2.24. The molecule has 0 amide bonds. The van der Waals surface area contributed by atoms with E-state index in [2.05, 4.69) is 21.8 Å². The van der Waals surface area contributed by atoms with Crippen LogP contribution in [0.3, 0.4) is 0 Å². The molecule has 1 fully saturated rings. The Kier molecular flexibility index (Phi) is 3.65. The highest BCUT2D eigenvalue weighted by molar-refractivity contribution is 5.58. The van der Waals surface area contributed by atoms with Crippen LogP contribution in [0.25, 0.3) is 11.4 Å². The van der Waals surface area contributed by atoms with Crippen LogP contribution in [0.2, 0.25) is 0 Å². The minimum absolute atomic E-state index is 0.344. The molecule has 1 aromatic carbocycles. The second-order valence-corrected chi connectivity index (χ2v) is 5.35. The fraction of sp³-hybridized carbons (Fsp3) is 0.375. The van der Waals surface area contributed by atoms with E-state index in [1.54, 1.807) is 0 Å². The number of piperidine rings is 1. The third-order valence-electron chi connectivity index (χ3n) is 3.87. The molecule has 2 heterocycles. The Balaban J connectivity index is 1.85. The molecule has 0 atom stereocenters. The van der Waals surface area contributed by atoms with Gasteiger partial charge in [-0.1, -0.05) is 30.3 Å². The largest absolute Gasteiger partial charge is 0.369 e. The van der Waals surface area contributed by atoms with E-state index < -0.39 is 0 Å². The topological polar surface area (TPSA) is 55.0 Å². The van der Waals surface area contributed by atoms with Gasteiger partial charge in [0.05, 0.1) is 17.6 Å². The van der Waals surface area contributed by atoms with Crippen molar-refractivity contribution < 1.29 is 0 Å². The van der Waals surface area contributed by atoms with Crippen molar-refractivity contribution in [2.75, 3.05) is 18.0 Å². The van der Waals surface area contributed by atoms with E-state index in [1.165, 1.54) is 0 Å². The first kappa shape index (κ1) is 13.1. The molecule has 0 radical (unpaired) electrons. The van der Waals surface area contributed by atoms with Crippen LogP contribution in [0.1, 0.15) is 18.5 Å². The summed E-state index contributed by atoms with van der Waals surface area (Å²) >= 11 is 0. The average Bonchev–Trinajstić information content (AvgIpc) is 2.49. The molecule has 3 rings (SSSR count). The monoisotopic (exact) mass is 268 g/mol. The Labute approximate surface area is 119 Å². The van der Waals surface area contributed by atoms with E-state index in [4.69, 9.17) is 5.73 Å². The van der Waals surface area contributed by atoms with Gasteiger partial charge in [-0.05, 0) is 19.8 Å². The first-order chi connectivity index (χ1) is 9.74. The molecule has 0 aliphatic carbocycles. The van der Waals surface area contributed by atoms with Gasteiger partial charge in [-0.3, -0.25) is 0 Å². The van der Waals surface area contributed by atoms with Crippen molar-refractivity contribution in [1.82, 2.24) is 9.97 Å².